The van der Waals surface area contributed by atoms with Crippen LogP contribution in [0, 0.1) is 11.3 Å². The number of carbonyl (C=O) groups is 3. The molecule has 1 aromatic carbocycles. The fraction of sp³-hybridized carbons (Fsp3) is 0.471. The lowest BCUT2D eigenvalue weighted by molar-refractivity contribution is -0.149. The maximum Gasteiger partial charge on any atom is 0.321 e. The number of ether oxygens (including phenoxy) is 1. The molecular formula is C17H19N3O5. The average Bonchev–Trinajstić information content (AvgIpc) is 3.14. The number of rotatable bonds is 2. The predicted molar refractivity (Wildman–Crippen MR) is 87.4 cm³/mol. The van der Waals surface area contributed by atoms with E-state index in [0.717, 1.165) is 12.0 Å². The Morgan fingerprint density at radius 3 is 3.00 bits per heavy atom. The summed E-state index contributed by atoms with van der Waals surface area (Å²) < 4.78 is 5.31. The third-order valence-electron chi connectivity index (χ3n) is 5.37. The summed E-state index contributed by atoms with van der Waals surface area (Å²) in [6, 6.07) is 4.91. The number of carboxylic acid groups (broad SMARTS) is 1. The van der Waals surface area contributed by atoms with Crippen LogP contribution in [0.25, 0.3) is 0 Å². The number of carbonyl (C=O) groups excluding carboxylic acids is 2. The largest absolute Gasteiger partial charge is 0.481 e. The van der Waals surface area contributed by atoms with Gasteiger partial charge in [-0.25, -0.2) is 4.79 Å². The van der Waals surface area contributed by atoms with Crippen molar-refractivity contribution in [1.29, 1.82) is 0 Å². The minimum absolute atomic E-state index is 0.129. The standard InChI is InChI=1S/C17H19N3O5/c21-14-13-5-12(2-1-10(13)3-4-18-14)19-16(24)20-6-11-7-25-9-17(11,8-20)15(22)23/h1-2,5,11H,3-4,6-9H2,(H,18,21)(H,19,24)(H,22,23)/t11-,17-/m1/s1. The van der Waals surface area contributed by atoms with Crippen LogP contribution in [0.1, 0.15) is 15.9 Å². The molecule has 3 amide bonds. The van der Waals surface area contributed by atoms with E-state index in [1.807, 2.05) is 6.07 Å². The highest BCUT2D eigenvalue weighted by molar-refractivity contribution is 5.99. The van der Waals surface area contributed by atoms with Gasteiger partial charge in [0.1, 0.15) is 5.41 Å². The Kier molecular flexibility index (Phi) is 3.64. The van der Waals surface area contributed by atoms with E-state index in [2.05, 4.69) is 10.6 Å². The zero-order valence-corrected chi connectivity index (χ0v) is 13.6. The lowest BCUT2D eigenvalue weighted by atomic mass is 9.81. The van der Waals surface area contributed by atoms with E-state index in [1.54, 1.807) is 12.1 Å². The molecule has 3 heterocycles. The molecule has 2 fully saturated rings. The highest BCUT2D eigenvalue weighted by Crippen LogP contribution is 2.41. The van der Waals surface area contributed by atoms with Gasteiger partial charge in [-0.05, 0) is 24.1 Å². The molecular weight excluding hydrogens is 326 g/mol. The molecule has 0 aliphatic carbocycles. The quantitative estimate of drug-likeness (QED) is 0.725. The van der Waals surface area contributed by atoms with Crippen LogP contribution in [-0.4, -0.2) is 60.8 Å². The fourth-order valence-corrected chi connectivity index (χ4v) is 3.88. The smallest absolute Gasteiger partial charge is 0.321 e. The number of anilines is 1. The lowest BCUT2D eigenvalue weighted by Gasteiger charge is -2.22. The van der Waals surface area contributed by atoms with Gasteiger partial charge < -0.3 is 25.4 Å². The summed E-state index contributed by atoms with van der Waals surface area (Å²) in [7, 11) is 0. The van der Waals surface area contributed by atoms with Crippen LogP contribution in [0.5, 0.6) is 0 Å². The second-order valence-corrected chi connectivity index (χ2v) is 6.86. The highest BCUT2D eigenvalue weighted by Gasteiger charge is 2.57. The highest BCUT2D eigenvalue weighted by atomic mass is 16.5. The normalized spacial score (nSPS) is 27.4. The van der Waals surface area contributed by atoms with E-state index in [4.69, 9.17) is 4.74 Å². The number of likely N-dealkylation sites (tertiary alicyclic amines) is 1. The van der Waals surface area contributed by atoms with Crippen LogP contribution in [0.4, 0.5) is 10.5 Å². The van der Waals surface area contributed by atoms with Crippen molar-refractivity contribution in [2.75, 3.05) is 38.2 Å². The summed E-state index contributed by atoms with van der Waals surface area (Å²) in [6.07, 6.45) is 0.768. The van der Waals surface area contributed by atoms with E-state index < -0.39 is 11.4 Å². The summed E-state index contributed by atoms with van der Waals surface area (Å²) in [5, 5.41) is 15.1. The molecule has 3 aliphatic heterocycles. The molecule has 0 spiro atoms. The monoisotopic (exact) mass is 345 g/mol. The first kappa shape index (κ1) is 15.9. The molecule has 0 bridgehead atoms. The second kappa shape index (κ2) is 5.73. The number of nitrogens with one attached hydrogen (secondary N) is 2. The van der Waals surface area contributed by atoms with E-state index in [1.165, 1.54) is 4.90 Å². The maximum absolute atomic E-state index is 12.5. The van der Waals surface area contributed by atoms with E-state index in [9.17, 15) is 19.5 Å². The van der Waals surface area contributed by atoms with Crippen molar-refractivity contribution in [2.45, 2.75) is 6.42 Å². The minimum Gasteiger partial charge on any atom is -0.481 e. The molecule has 0 aromatic heterocycles. The predicted octanol–water partition coefficient (Wildman–Crippen LogP) is 0.537. The zero-order chi connectivity index (χ0) is 17.6. The summed E-state index contributed by atoms with van der Waals surface area (Å²) in [5.41, 5.74) is 1.04. The lowest BCUT2D eigenvalue weighted by Crippen LogP contribution is -2.41. The van der Waals surface area contributed by atoms with Crippen molar-refractivity contribution in [3.63, 3.8) is 0 Å². The number of amides is 3. The molecule has 3 aliphatic rings. The van der Waals surface area contributed by atoms with E-state index >= 15 is 0 Å². The van der Waals surface area contributed by atoms with Crippen molar-refractivity contribution < 1.29 is 24.2 Å². The molecule has 3 N–H and O–H groups in total. The molecule has 8 heteroatoms. The van der Waals surface area contributed by atoms with Gasteiger partial charge in [-0.15, -0.1) is 0 Å². The molecule has 2 atom stereocenters. The van der Waals surface area contributed by atoms with Crippen LogP contribution in [0.3, 0.4) is 0 Å². The molecule has 0 saturated carbocycles. The van der Waals surface area contributed by atoms with Gasteiger partial charge in [0.05, 0.1) is 13.2 Å². The van der Waals surface area contributed by atoms with Crippen LogP contribution in [-0.2, 0) is 16.0 Å². The van der Waals surface area contributed by atoms with Crippen molar-refractivity contribution in [3.05, 3.63) is 29.3 Å². The number of benzene rings is 1. The SMILES string of the molecule is O=C1NCCc2ccc(NC(=O)N3C[C@@H]4COC[C@]4(C(=O)O)C3)cc21. The Morgan fingerprint density at radius 2 is 2.24 bits per heavy atom. The maximum atomic E-state index is 12.5. The Hall–Kier alpha value is -2.61. The third-order valence-corrected chi connectivity index (χ3v) is 5.37. The van der Waals surface area contributed by atoms with Gasteiger partial charge in [-0.1, -0.05) is 6.07 Å². The summed E-state index contributed by atoms with van der Waals surface area (Å²) in [4.78, 5) is 37.6. The third kappa shape index (κ3) is 2.53. The van der Waals surface area contributed by atoms with Gasteiger partial charge in [0.2, 0.25) is 0 Å². The number of hydrogen-bond donors (Lipinski definition) is 3. The van der Waals surface area contributed by atoms with Gasteiger partial charge in [-0.2, -0.15) is 0 Å². The first-order chi connectivity index (χ1) is 12.0. The number of urea groups is 1. The van der Waals surface area contributed by atoms with Crippen LogP contribution < -0.4 is 10.6 Å². The average molecular weight is 345 g/mol. The number of aliphatic carboxylic acids is 1. The molecule has 8 nitrogen and oxygen atoms in total. The molecule has 0 unspecified atom stereocenters. The van der Waals surface area contributed by atoms with Gasteiger partial charge in [0.15, 0.2) is 0 Å². The van der Waals surface area contributed by atoms with Gasteiger partial charge in [0, 0.05) is 36.8 Å². The fourth-order valence-electron chi connectivity index (χ4n) is 3.88. The Morgan fingerprint density at radius 1 is 1.40 bits per heavy atom. The molecule has 1 aromatic rings. The van der Waals surface area contributed by atoms with Crippen LogP contribution >= 0.6 is 0 Å². The molecule has 0 radical (unpaired) electrons. The molecule has 4 rings (SSSR count). The Labute approximate surface area is 144 Å². The first-order valence-corrected chi connectivity index (χ1v) is 8.28. The second-order valence-electron chi connectivity index (χ2n) is 6.86. The summed E-state index contributed by atoms with van der Waals surface area (Å²) >= 11 is 0. The number of hydrogen-bond acceptors (Lipinski definition) is 4. The van der Waals surface area contributed by atoms with Crippen LogP contribution in [0.2, 0.25) is 0 Å². The van der Waals surface area contributed by atoms with Gasteiger partial charge in [0.25, 0.3) is 5.91 Å². The topological polar surface area (TPSA) is 108 Å². The van der Waals surface area contributed by atoms with Gasteiger partial charge >= 0.3 is 12.0 Å². The Bertz CT molecular complexity index is 765. The van der Waals surface area contributed by atoms with Crippen LogP contribution in [0.15, 0.2) is 18.2 Å². The summed E-state index contributed by atoms with van der Waals surface area (Å²) in [6.45, 7) is 1.59. The van der Waals surface area contributed by atoms with E-state index in [0.29, 0.717) is 30.9 Å². The number of nitrogens with zero attached hydrogens (tertiary/aromatic N) is 1. The minimum atomic E-state index is -1.01. The van der Waals surface area contributed by atoms with Crippen molar-refractivity contribution in [1.82, 2.24) is 10.2 Å². The number of carboxylic acids is 1. The molecule has 132 valence electrons. The van der Waals surface area contributed by atoms with Crippen molar-refractivity contribution in [2.24, 2.45) is 11.3 Å². The molecule has 2 saturated heterocycles. The number of fused-ring (bicyclic) bond motifs is 2. The zero-order valence-electron chi connectivity index (χ0n) is 13.6. The first-order valence-electron chi connectivity index (χ1n) is 8.28. The Balaban J connectivity index is 1.49. The van der Waals surface area contributed by atoms with Crippen molar-refractivity contribution >= 4 is 23.6 Å². The molecule has 25 heavy (non-hydrogen) atoms. The summed E-state index contributed by atoms with van der Waals surface area (Å²) in [5.74, 6) is -1.25. The van der Waals surface area contributed by atoms with E-state index in [-0.39, 0.29) is 31.0 Å². The van der Waals surface area contributed by atoms with Crippen molar-refractivity contribution in [3.8, 4) is 0 Å². The van der Waals surface area contributed by atoms with Gasteiger partial charge in [-0.3, -0.25) is 9.59 Å².